The van der Waals surface area contributed by atoms with Gasteiger partial charge in [0.2, 0.25) is 0 Å². The van der Waals surface area contributed by atoms with Gasteiger partial charge in [-0.15, -0.1) is 0 Å². The molecule has 1 aliphatic rings. The number of halogens is 4. The molecule has 106 valence electrons. The van der Waals surface area contributed by atoms with Crippen LogP contribution in [0.2, 0.25) is 0 Å². The van der Waals surface area contributed by atoms with Crippen molar-refractivity contribution in [1.29, 1.82) is 0 Å². The number of alkyl halides is 3. The summed E-state index contributed by atoms with van der Waals surface area (Å²) >= 11 is 2.93. The van der Waals surface area contributed by atoms with Crippen LogP contribution in [0.15, 0.2) is 22.7 Å². The van der Waals surface area contributed by atoms with Gasteiger partial charge in [-0.1, -0.05) is 22.0 Å². The van der Waals surface area contributed by atoms with Gasteiger partial charge in [0.15, 0.2) is 0 Å². The van der Waals surface area contributed by atoms with Crippen molar-refractivity contribution < 1.29 is 17.9 Å². The Morgan fingerprint density at radius 3 is 2.68 bits per heavy atom. The SMILES string of the molecule is NC(c1ccc(Br)c(C(F)(F)F)c1)C1CCCOC1. The van der Waals surface area contributed by atoms with E-state index >= 15 is 0 Å². The zero-order chi connectivity index (χ0) is 14.0. The van der Waals surface area contributed by atoms with E-state index in [0.717, 1.165) is 18.9 Å². The van der Waals surface area contributed by atoms with E-state index in [1.54, 1.807) is 6.07 Å². The van der Waals surface area contributed by atoms with Crippen molar-refractivity contribution >= 4 is 15.9 Å². The van der Waals surface area contributed by atoms with Crippen LogP contribution in [0.4, 0.5) is 13.2 Å². The molecular formula is C13H15BrF3NO. The van der Waals surface area contributed by atoms with Crippen LogP contribution in [-0.4, -0.2) is 13.2 Å². The molecule has 1 saturated heterocycles. The number of benzene rings is 1. The Balaban J connectivity index is 2.24. The minimum absolute atomic E-state index is 0.0378. The molecule has 0 radical (unpaired) electrons. The first kappa shape index (κ1) is 14.8. The Hall–Kier alpha value is -0.590. The van der Waals surface area contributed by atoms with Crippen molar-refractivity contribution in [3.63, 3.8) is 0 Å². The van der Waals surface area contributed by atoms with E-state index in [0.29, 0.717) is 18.8 Å². The number of hydrogen-bond acceptors (Lipinski definition) is 2. The highest BCUT2D eigenvalue weighted by Gasteiger charge is 2.34. The van der Waals surface area contributed by atoms with Gasteiger partial charge < -0.3 is 10.5 Å². The van der Waals surface area contributed by atoms with Gasteiger partial charge in [0.1, 0.15) is 0 Å². The summed E-state index contributed by atoms with van der Waals surface area (Å²) < 4.78 is 43.9. The Bertz CT molecular complexity index is 444. The third-order valence-electron chi connectivity index (χ3n) is 3.38. The summed E-state index contributed by atoms with van der Waals surface area (Å²) in [6, 6.07) is 3.75. The first-order valence-electron chi connectivity index (χ1n) is 6.09. The number of ether oxygens (including phenoxy) is 1. The summed E-state index contributed by atoms with van der Waals surface area (Å²) in [5.74, 6) is 0.0796. The van der Waals surface area contributed by atoms with Crippen LogP contribution in [-0.2, 0) is 10.9 Å². The van der Waals surface area contributed by atoms with Crippen molar-refractivity contribution in [2.24, 2.45) is 11.7 Å². The van der Waals surface area contributed by atoms with E-state index in [-0.39, 0.29) is 10.4 Å². The third-order valence-corrected chi connectivity index (χ3v) is 4.08. The molecule has 2 N–H and O–H groups in total. The van der Waals surface area contributed by atoms with E-state index in [1.807, 2.05) is 0 Å². The lowest BCUT2D eigenvalue weighted by atomic mass is 9.89. The molecule has 1 aromatic rings. The average Bonchev–Trinajstić information content (AvgIpc) is 2.38. The Labute approximate surface area is 118 Å². The number of rotatable bonds is 2. The topological polar surface area (TPSA) is 35.2 Å². The van der Waals surface area contributed by atoms with Crippen LogP contribution in [0.5, 0.6) is 0 Å². The third kappa shape index (κ3) is 3.49. The molecule has 6 heteroatoms. The quantitative estimate of drug-likeness (QED) is 0.888. The van der Waals surface area contributed by atoms with Gasteiger partial charge >= 0.3 is 6.18 Å². The average molecular weight is 338 g/mol. The second-order valence-electron chi connectivity index (χ2n) is 4.74. The van der Waals surface area contributed by atoms with Crippen molar-refractivity contribution in [3.8, 4) is 0 Å². The van der Waals surface area contributed by atoms with Crippen molar-refractivity contribution in [2.75, 3.05) is 13.2 Å². The predicted molar refractivity (Wildman–Crippen MR) is 69.6 cm³/mol. The fourth-order valence-electron chi connectivity index (χ4n) is 2.29. The molecule has 0 spiro atoms. The zero-order valence-corrected chi connectivity index (χ0v) is 11.8. The van der Waals surface area contributed by atoms with Gasteiger partial charge in [-0.05, 0) is 30.5 Å². The van der Waals surface area contributed by atoms with Crippen molar-refractivity contribution in [2.45, 2.75) is 25.1 Å². The van der Waals surface area contributed by atoms with E-state index in [2.05, 4.69) is 15.9 Å². The first-order valence-corrected chi connectivity index (χ1v) is 6.89. The Kier molecular flexibility index (Phi) is 4.53. The molecule has 2 nitrogen and oxygen atoms in total. The molecule has 1 aromatic carbocycles. The molecule has 1 aliphatic heterocycles. The van der Waals surface area contributed by atoms with E-state index < -0.39 is 17.8 Å². The zero-order valence-electron chi connectivity index (χ0n) is 10.2. The summed E-state index contributed by atoms with van der Waals surface area (Å²) in [5, 5.41) is 0. The van der Waals surface area contributed by atoms with Crippen molar-refractivity contribution in [3.05, 3.63) is 33.8 Å². The van der Waals surface area contributed by atoms with Gasteiger partial charge in [0, 0.05) is 23.0 Å². The van der Waals surface area contributed by atoms with Gasteiger partial charge in [0.05, 0.1) is 12.2 Å². The molecule has 0 saturated carbocycles. The van der Waals surface area contributed by atoms with Crippen LogP contribution in [0.1, 0.15) is 30.0 Å². The lowest BCUT2D eigenvalue weighted by Gasteiger charge is -2.28. The molecule has 2 atom stereocenters. The fourth-order valence-corrected chi connectivity index (χ4v) is 2.76. The first-order chi connectivity index (χ1) is 8.89. The molecule has 2 rings (SSSR count). The smallest absolute Gasteiger partial charge is 0.381 e. The molecular weight excluding hydrogens is 323 g/mol. The molecule has 0 bridgehead atoms. The lowest BCUT2D eigenvalue weighted by Crippen LogP contribution is -2.29. The number of hydrogen-bond donors (Lipinski definition) is 1. The number of nitrogens with two attached hydrogens (primary N) is 1. The van der Waals surface area contributed by atoms with Crippen LogP contribution >= 0.6 is 15.9 Å². The largest absolute Gasteiger partial charge is 0.417 e. The Morgan fingerprint density at radius 2 is 2.11 bits per heavy atom. The highest BCUT2D eigenvalue weighted by atomic mass is 79.9. The Morgan fingerprint density at radius 1 is 1.37 bits per heavy atom. The van der Waals surface area contributed by atoms with Crippen LogP contribution in [0, 0.1) is 5.92 Å². The van der Waals surface area contributed by atoms with Gasteiger partial charge in [-0.3, -0.25) is 0 Å². The van der Waals surface area contributed by atoms with Gasteiger partial charge in [-0.2, -0.15) is 13.2 Å². The molecule has 1 heterocycles. The molecule has 0 aliphatic carbocycles. The summed E-state index contributed by atoms with van der Waals surface area (Å²) in [6.07, 6.45) is -2.59. The minimum Gasteiger partial charge on any atom is -0.381 e. The maximum Gasteiger partial charge on any atom is 0.417 e. The second-order valence-corrected chi connectivity index (χ2v) is 5.59. The molecule has 0 aromatic heterocycles. The molecule has 0 amide bonds. The van der Waals surface area contributed by atoms with E-state index in [1.165, 1.54) is 6.07 Å². The summed E-state index contributed by atoms with van der Waals surface area (Å²) in [5.41, 5.74) is 5.89. The van der Waals surface area contributed by atoms with E-state index in [4.69, 9.17) is 10.5 Å². The summed E-state index contributed by atoms with van der Waals surface area (Å²) in [7, 11) is 0. The van der Waals surface area contributed by atoms with Gasteiger partial charge in [0.25, 0.3) is 0 Å². The van der Waals surface area contributed by atoms with Crippen LogP contribution < -0.4 is 5.73 Å². The maximum atomic E-state index is 12.8. The summed E-state index contributed by atoms with van der Waals surface area (Å²) in [4.78, 5) is 0. The van der Waals surface area contributed by atoms with Crippen molar-refractivity contribution in [1.82, 2.24) is 0 Å². The van der Waals surface area contributed by atoms with Crippen LogP contribution in [0.3, 0.4) is 0 Å². The minimum atomic E-state index is -4.38. The van der Waals surface area contributed by atoms with Crippen LogP contribution in [0.25, 0.3) is 0 Å². The second kappa shape index (κ2) is 5.81. The summed E-state index contributed by atoms with van der Waals surface area (Å²) in [6.45, 7) is 1.22. The molecule has 1 fully saturated rings. The normalized spacial score (nSPS) is 22.3. The standard InChI is InChI=1S/C13H15BrF3NO/c14-11-4-3-8(6-10(11)13(15,16)17)12(18)9-2-1-5-19-7-9/h3-4,6,9,12H,1-2,5,7,18H2. The predicted octanol–water partition coefficient (Wildman–Crippen LogP) is 3.89. The van der Waals surface area contributed by atoms with Gasteiger partial charge in [-0.25, -0.2) is 0 Å². The highest BCUT2D eigenvalue weighted by molar-refractivity contribution is 9.10. The fraction of sp³-hybridized carbons (Fsp3) is 0.538. The highest BCUT2D eigenvalue weighted by Crippen LogP contribution is 2.37. The monoisotopic (exact) mass is 337 g/mol. The molecule has 2 unspecified atom stereocenters. The maximum absolute atomic E-state index is 12.8. The lowest BCUT2D eigenvalue weighted by molar-refractivity contribution is -0.138. The molecule has 19 heavy (non-hydrogen) atoms. The van der Waals surface area contributed by atoms with E-state index in [9.17, 15) is 13.2 Å².